The zero-order valence-corrected chi connectivity index (χ0v) is 16.9. The lowest BCUT2D eigenvalue weighted by atomic mass is 9.96. The molecule has 2 heterocycles. The van der Waals surface area contributed by atoms with Crippen molar-refractivity contribution >= 4 is 17.7 Å². The van der Waals surface area contributed by atoms with Crippen LogP contribution in [-0.4, -0.2) is 45.7 Å². The number of carbonyl (C=O) groups is 1. The summed E-state index contributed by atoms with van der Waals surface area (Å²) in [5.41, 5.74) is 1.91. The Morgan fingerprint density at radius 3 is 2.33 bits per heavy atom. The number of hydrogen-bond acceptors (Lipinski definition) is 4. The molecule has 0 aliphatic carbocycles. The molecule has 0 spiro atoms. The maximum absolute atomic E-state index is 13.2. The number of rotatable bonds is 5. The number of β-lactam (4-membered cyclic amide) rings is 1. The van der Waals surface area contributed by atoms with Gasteiger partial charge in [0.15, 0.2) is 0 Å². The van der Waals surface area contributed by atoms with E-state index in [0.29, 0.717) is 13.2 Å². The Morgan fingerprint density at radius 1 is 1.07 bits per heavy atom. The van der Waals surface area contributed by atoms with Crippen LogP contribution in [0.3, 0.4) is 0 Å². The molecule has 0 bridgehead atoms. The van der Waals surface area contributed by atoms with Crippen molar-refractivity contribution in [2.75, 3.05) is 12.9 Å². The Bertz CT molecular complexity index is 796. The first-order valence-electron chi connectivity index (χ1n) is 9.37. The molecular formula is C22H26N2O2S. The topological polar surface area (TPSA) is 32.8 Å². The van der Waals surface area contributed by atoms with E-state index in [4.69, 9.17) is 4.74 Å². The van der Waals surface area contributed by atoms with E-state index in [0.717, 1.165) is 0 Å². The van der Waals surface area contributed by atoms with Crippen LogP contribution < -0.4 is 0 Å². The lowest BCUT2D eigenvalue weighted by Crippen LogP contribution is -2.71. The molecule has 142 valence electrons. The summed E-state index contributed by atoms with van der Waals surface area (Å²) >= 11 is 1.74. The van der Waals surface area contributed by atoms with E-state index in [-0.39, 0.29) is 23.4 Å². The maximum atomic E-state index is 13.2. The number of ether oxygens (including phenoxy) is 1. The van der Waals surface area contributed by atoms with E-state index in [1.807, 2.05) is 29.2 Å². The fraction of sp³-hybridized carbons (Fsp3) is 0.409. The lowest BCUT2D eigenvalue weighted by Gasteiger charge is -2.53. The third kappa shape index (κ3) is 3.28. The van der Waals surface area contributed by atoms with Gasteiger partial charge in [-0.05, 0) is 31.2 Å². The van der Waals surface area contributed by atoms with Crippen LogP contribution in [0.25, 0.3) is 0 Å². The van der Waals surface area contributed by atoms with Crippen molar-refractivity contribution in [1.82, 2.24) is 9.80 Å². The van der Waals surface area contributed by atoms with Crippen LogP contribution in [0.2, 0.25) is 0 Å². The Labute approximate surface area is 165 Å². The SMILES string of the molecule is CS[C@H]1[C@H](N2[C@@H](c3ccccc3)COC2(C)C)C(=O)N1Cc1ccccc1. The molecule has 4 rings (SSSR count). The Kier molecular flexibility index (Phi) is 5.01. The molecule has 2 fully saturated rings. The average molecular weight is 383 g/mol. The van der Waals surface area contributed by atoms with Crippen molar-refractivity contribution in [3.05, 3.63) is 71.8 Å². The minimum absolute atomic E-state index is 0.101. The lowest BCUT2D eigenvalue weighted by molar-refractivity contribution is -0.167. The predicted molar refractivity (Wildman–Crippen MR) is 109 cm³/mol. The summed E-state index contributed by atoms with van der Waals surface area (Å²) in [6, 6.07) is 20.5. The molecule has 2 aliphatic heterocycles. The van der Waals surface area contributed by atoms with Crippen LogP contribution in [0.1, 0.15) is 31.0 Å². The second kappa shape index (κ2) is 7.30. The third-order valence-electron chi connectivity index (χ3n) is 5.59. The smallest absolute Gasteiger partial charge is 0.244 e. The van der Waals surface area contributed by atoms with Crippen LogP contribution >= 0.6 is 11.8 Å². The highest BCUT2D eigenvalue weighted by Crippen LogP contribution is 2.45. The van der Waals surface area contributed by atoms with Crippen LogP contribution in [-0.2, 0) is 16.1 Å². The van der Waals surface area contributed by atoms with E-state index in [1.165, 1.54) is 11.1 Å². The summed E-state index contributed by atoms with van der Waals surface area (Å²) in [5.74, 6) is 0.192. The largest absolute Gasteiger partial charge is 0.359 e. The summed E-state index contributed by atoms with van der Waals surface area (Å²) in [4.78, 5) is 17.5. The van der Waals surface area contributed by atoms with Gasteiger partial charge >= 0.3 is 0 Å². The normalized spacial score (nSPS) is 27.6. The molecule has 3 atom stereocenters. The molecule has 2 aliphatic rings. The fourth-order valence-corrected chi connectivity index (χ4v) is 5.18. The van der Waals surface area contributed by atoms with Gasteiger partial charge in [-0.25, -0.2) is 0 Å². The van der Waals surface area contributed by atoms with E-state index >= 15 is 0 Å². The third-order valence-corrected chi connectivity index (χ3v) is 6.58. The van der Waals surface area contributed by atoms with E-state index in [9.17, 15) is 4.79 Å². The molecule has 0 unspecified atom stereocenters. The summed E-state index contributed by atoms with van der Waals surface area (Å²) in [6.07, 6.45) is 2.09. The minimum Gasteiger partial charge on any atom is -0.359 e. The predicted octanol–water partition coefficient (Wildman–Crippen LogP) is 3.90. The number of nitrogens with zero attached hydrogens (tertiary/aromatic N) is 2. The molecule has 5 heteroatoms. The van der Waals surface area contributed by atoms with E-state index < -0.39 is 5.72 Å². The fourth-order valence-electron chi connectivity index (χ4n) is 4.24. The first-order valence-corrected chi connectivity index (χ1v) is 10.7. The first kappa shape index (κ1) is 18.5. The maximum Gasteiger partial charge on any atom is 0.244 e. The van der Waals surface area contributed by atoms with Gasteiger partial charge in [0.05, 0.1) is 12.6 Å². The molecule has 2 saturated heterocycles. The summed E-state index contributed by atoms with van der Waals surface area (Å²) in [7, 11) is 0. The van der Waals surface area contributed by atoms with Gasteiger partial charge in [0.25, 0.3) is 0 Å². The van der Waals surface area contributed by atoms with Gasteiger partial charge in [-0.15, -0.1) is 11.8 Å². The first-order chi connectivity index (χ1) is 13.0. The monoisotopic (exact) mass is 382 g/mol. The second-order valence-electron chi connectivity index (χ2n) is 7.61. The van der Waals surface area contributed by atoms with Crippen molar-refractivity contribution in [3.63, 3.8) is 0 Å². The molecule has 2 aromatic carbocycles. The van der Waals surface area contributed by atoms with Gasteiger partial charge in [0, 0.05) is 6.54 Å². The highest BCUT2D eigenvalue weighted by molar-refractivity contribution is 7.99. The molecule has 27 heavy (non-hydrogen) atoms. The minimum atomic E-state index is -0.465. The van der Waals surface area contributed by atoms with E-state index in [1.54, 1.807) is 11.8 Å². The summed E-state index contributed by atoms with van der Waals surface area (Å²) < 4.78 is 6.12. The molecule has 0 aromatic heterocycles. The zero-order valence-electron chi connectivity index (χ0n) is 16.0. The van der Waals surface area contributed by atoms with E-state index in [2.05, 4.69) is 61.4 Å². The number of thioether (sulfide) groups is 1. The quantitative estimate of drug-likeness (QED) is 0.735. The molecule has 2 aromatic rings. The number of likely N-dealkylation sites (tertiary alicyclic amines) is 1. The number of hydrogen-bond donors (Lipinski definition) is 0. The number of carbonyl (C=O) groups excluding carboxylic acids is 1. The van der Waals surface area contributed by atoms with Crippen LogP contribution in [0.15, 0.2) is 60.7 Å². The van der Waals surface area contributed by atoms with Gasteiger partial charge in [-0.3, -0.25) is 9.69 Å². The van der Waals surface area contributed by atoms with Gasteiger partial charge in [-0.1, -0.05) is 60.7 Å². The summed E-state index contributed by atoms with van der Waals surface area (Å²) in [6.45, 7) is 5.41. The van der Waals surface area contributed by atoms with Gasteiger partial charge in [-0.2, -0.15) is 0 Å². The van der Waals surface area contributed by atoms with Gasteiger partial charge < -0.3 is 9.64 Å². The van der Waals surface area contributed by atoms with Gasteiger partial charge in [0.1, 0.15) is 17.1 Å². The van der Waals surface area contributed by atoms with Gasteiger partial charge in [0.2, 0.25) is 5.91 Å². The average Bonchev–Trinajstić information content (AvgIpc) is 3.00. The molecule has 0 N–H and O–H groups in total. The van der Waals surface area contributed by atoms with Crippen molar-refractivity contribution in [2.45, 2.75) is 43.6 Å². The van der Waals surface area contributed by atoms with Crippen molar-refractivity contribution in [1.29, 1.82) is 0 Å². The molecule has 4 nitrogen and oxygen atoms in total. The Morgan fingerprint density at radius 2 is 1.70 bits per heavy atom. The van der Waals surface area contributed by atoms with Crippen molar-refractivity contribution in [3.8, 4) is 0 Å². The second-order valence-corrected chi connectivity index (χ2v) is 8.57. The number of benzene rings is 2. The van der Waals surface area contributed by atoms with Crippen LogP contribution in [0.4, 0.5) is 0 Å². The molecule has 0 radical (unpaired) electrons. The Balaban J connectivity index is 1.60. The summed E-state index contributed by atoms with van der Waals surface area (Å²) in [5, 5.41) is 0.130. The molecular weight excluding hydrogens is 356 g/mol. The van der Waals surface area contributed by atoms with Crippen LogP contribution in [0, 0.1) is 0 Å². The Hall–Kier alpha value is -1.82. The highest BCUT2D eigenvalue weighted by atomic mass is 32.2. The molecule has 0 saturated carbocycles. The molecule has 1 amide bonds. The highest BCUT2D eigenvalue weighted by Gasteiger charge is 2.57. The van der Waals surface area contributed by atoms with Crippen molar-refractivity contribution < 1.29 is 9.53 Å². The van der Waals surface area contributed by atoms with Crippen LogP contribution in [0.5, 0.6) is 0 Å². The standard InChI is InChI=1S/C22H26N2O2S/c1-22(2)24(18(15-26-22)17-12-8-5-9-13-17)19-20(25)23(21(19)27-3)14-16-10-6-4-7-11-16/h4-13,18-19,21H,14-15H2,1-3H3/t18-,19-,21+/m1/s1. The zero-order chi connectivity index (χ0) is 19.0. The van der Waals surface area contributed by atoms with Crippen molar-refractivity contribution in [2.24, 2.45) is 0 Å². The number of amides is 1.